The summed E-state index contributed by atoms with van der Waals surface area (Å²) < 4.78 is 16.3. The zero-order valence-corrected chi connectivity index (χ0v) is 12.1. The van der Waals surface area contributed by atoms with Crippen molar-refractivity contribution in [1.29, 1.82) is 0 Å². The van der Waals surface area contributed by atoms with Gasteiger partial charge in [-0.25, -0.2) is 0 Å². The molecule has 0 spiro atoms. The van der Waals surface area contributed by atoms with Gasteiger partial charge in [-0.15, -0.1) is 0 Å². The van der Waals surface area contributed by atoms with E-state index in [-0.39, 0.29) is 5.75 Å². The number of aromatic nitrogens is 2. The van der Waals surface area contributed by atoms with Crippen molar-refractivity contribution in [2.45, 2.75) is 25.4 Å². The van der Waals surface area contributed by atoms with Gasteiger partial charge in [0.05, 0.1) is 0 Å². The van der Waals surface area contributed by atoms with Crippen LogP contribution in [0.5, 0.6) is 5.75 Å². The Kier molecular flexibility index (Phi) is 3.65. The van der Waals surface area contributed by atoms with Gasteiger partial charge in [-0.2, -0.15) is 4.98 Å². The Labute approximate surface area is 122 Å². The molecule has 6 nitrogen and oxygen atoms in total. The van der Waals surface area contributed by atoms with Crippen LogP contribution in [0.25, 0.3) is 11.5 Å². The van der Waals surface area contributed by atoms with E-state index < -0.39 is 5.60 Å². The molecule has 0 unspecified atom stereocenters. The highest BCUT2D eigenvalue weighted by Crippen LogP contribution is 2.35. The number of benzene rings is 1. The molecule has 1 aromatic heterocycles. The highest BCUT2D eigenvalue weighted by atomic mass is 16.5. The summed E-state index contributed by atoms with van der Waals surface area (Å²) in [6.45, 7) is 3.06. The number of hydrogen-bond acceptors (Lipinski definition) is 6. The Hall–Kier alpha value is -1.92. The maximum atomic E-state index is 9.78. The minimum atomic E-state index is -0.549. The average Bonchev–Trinajstić information content (AvgIpc) is 3.01. The zero-order valence-electron chi connectivity index (χ0n) is 12.1. The third-order valence-electron chi connectivity index (χ3n) is 3.98. The van der Waals surface area contributed by atoms with Crippen LogP contribution in [-0.2, 0) is 15.1 Å². The van der Waals surface area contributed by atoms with Gasteiger partial charge < -0.3 is 19.1 Å². The summed E-state index contributed by atoms with van der Waals surface area (Å²) in [5.74, 6) is 1.12. The highest BCUT2D eigenvalue weighted by Gasteiger charge is 2.39. The fourth-order valence-corrected chi connectivity index (χ4v) is 2.49. The van der Waals surface area contributed by atoms with Gasteiger partial charge in [-0.05, 0) is 24.6 Å². The van der Waals surface area contributed by atoms with Crippen LogP contribution >= 0.6 is 0 Å². The molecule has 1 aliphatic rings. The molecule has 21 heavy (non-hydrogen) atoms. The van der Waals surface area contributed by atoms with Crippen LogP contribution in [0.2, 0.25) is 0 Å². The fraction of sp³-hybridized carbons (Fsp3) is 0.467. The van der Waals surface area contributed by atoms with Crippen molar-refractivity contribution in [1.82, 2.24) is 10.1 Å². The quantitative estimate of drug-likeness (QED) is 0.935. The molecule has 6 heteroatoms. The molecule has 3 rings (SSSR count). The summed E-state index contributed by atoms with van der Waals surface area (Å²) in [5, 5.41) is 13.8. The molecular formula is C15H18N2O4. The summed E-state index contributed by atoms with van der Waals surface area (Å²) in [6, 6.07) is 5.28. The number of rotatable bonds is 3. The maximum absolute atomic E-state index is 9.78. The standard InChI is InChI=1S/C15H18N2O4/c1-10-3-4-11(9-12(10)18)13-16-14(17-21-13)15(19-2)5-7-20-8-6-15/h3-4,9,18H,5-8H2,1-2H3. The molecule has 112 valence electrons. The normalized spacial score (nSPS) is 17.8. The second-order valence-electron chi connectivity index (χ2n) is 5.24. The maximum Gasteiger partial charge on any atom is 0.258 e. The van der Waals surface area contributed by atoms with Gasteiger partial charge in [0.1, 0.15) is 11.4 Å². The third kappa shape index (κ3) is 2.52. The van der Waals surface area contributed by atoms with Crippen molar-refractivity contribution in [2.75, 3.05) is 20.3 Å². The molecule has 2 heterocycles. The van der Waals surface area contributed by atoms with Crippen molar-refractivity contribution in [3.05, 3.63) is 29.6 Å². The first kappa shape index (κ1) is 14.0. The van der Waals surface area contributed by atoms with E-state index in [4.69, 9.17) is 14.0 Å². The fourth-order valence-electron chi connectivity index (χ4n) is 2.49. The van der Waals surface area contributed by atoms with E-state index in [1.807, 2.05) is 19.1 Å². The molecule has 2 aromatic rings. The Bertz CT molecular complexity index is 632. The Balaban J connectivity index is 1.93. The number of nitrogens with zero attached hydrogens (tertiary/aromatic N) is 2. The first-order valence-electron chi connectivity index (χ1n) is 6.92. The minimum Gasteiger partial charge on any atom is -0.508 e. The molecule has 0 aliphatic carbocycles. The summed E-state index contributed by atoms with van der Waals surface area (Å²) in [7, 11) is 1.65. The molecule has 0 radical (unpaired) electrons. The van der Waals surface area contributed by atoms with E-state index in [2.05, 4.69) is 10.1 Å². The van der Waals surface area contributed by atoms with Gasteiger partial charge in [-0.1, -0.05) is 11.2 Å². The van der Waals surface area contributed by atoms with Crippen LogP contribution in [0.3, 0.4) is 0 Å². The van der Waals surface area contributed by atoms with Crippen LogP contribution in [0.4, 0.5) is 0 Å². The molecule has 0 amide bonds. The lowest BCUT2D eigenvalue weighted by atomic mass is 9.93. The summed E-state index contributed by atoms with van der Waals surface area (Å²) in [5.41, 5.74) is 0.943. The van der Waals surface area contributed by atoms with Gasteiger partial charge in [0.2, 0.25) is 5.82 Å². The number of methoxy groups -OCH3 is 1. The molecule has 1 N–H and O–H groups in total. The monoisotopic (exact) mass is 290 g/mol. The average molecular weight is 290 g/mol. The van der Waals surface area contributed by atoms with Crippen molar-refractivity contribution >= 4 is 0 Å². The van der Waals surface area contributed by atoms with E-state index in [0.29, 0.717) is 43.3 Å². The van der Waals surface area contributed by atoms with Gasteiger partial charge in [0, 0.05) is 38.7 Å². The van der Waals surface area contributed by atoms with Crippen LogP contribution in [0.1, 0.15) is 24.2 Å². The van der Waals surface area contributed by atoms with E-state index in [1.165, 1.54) is 0 Å². The Morgan fingerprint density at radius 1 is 1.29 bits per heavy atom. The lowest BCUT2D eigenvalue weighted by molar-refractivity contribution is -0.101. The van der Waals surface area contributed by atoms with Crippen molar-refractivity contribution in [3.8, 4) is 17.2 Å². The van der Waals surface area contributed by atoms with Crippen LogP contribution in [-0.4, -0.2) is 35.6 Å². The largest absolute Gasteiger partial charge is 0.508 e. The number of aryl methyl sites for hydroxylation is 1. The van der Waals surface area contributed by atoms with E-state index in [9.17, 15) is 5.11 Å². The van der Waals surface area contributed by atoms with Gasteiger partial charge in [-0.3, -0.25) is 0 Å². The summed E-state index contributed by atoms with van der Waals surface area (Å²) >= 11 is 0. The van der Waals surface area contributed by atoms with Crippen LogP contribution in [0.15, 0.2) is 22.7 Å². The number of phenolic OH excluding ortho intramolecular Hbond substituents is 1. The molecule has 0 bridgehead atoms. The molecule has 0 atom stereocenters. The van der Waals surface area contributed by atoms with Crippen LogP contribution in [0, 0.1) is 6.92 Å². The zero-order chi connectivity index (χ0) is 14.9. The van der Waals surface area contributed by atoms with Gasteiger partial charge >= 0.3 is 0 Å². The minimum absolute atomic E-state index is 0.208. The third-order valence-corrected chi connectivity index (χ3v) is 3.98. The predicted octanol–water partition coefficient (Wildman–Crippen LogP) is 2.40. The first-order valence-corrected chi connectivity index (χ1v) is 6.92. The van der Waals surface area contributed by atoms with Crippen molar-refractivity contribution in [3.63, 3.8) is 0 Å². The molecule has 1 fully saturated rings. The number of aromatic hydroxyl groups is 1. The van der Waals surface area contributed by atoms with Crippen molar-refractivity contribution in [2.24, 2.45) is 0 Å². The number of phenols is 1. The van der Waals surface area contributed by atoms with Crippen molar-refractivity contribution < 1.29 is 19.1 Å². The van der Waals surface area contributed by atoms with Gasteiger partial charge in [0.25, 0.3) is 5.89 Å². The molecule has 1 aliphatic heterocycles. The number of ether oxygens (including phenoxy) is 2. The van der Waals surface area contributed by atoms with Gasteiger partial charge in [0.15, 0.2) is 0 Å². The van der Waals surface area contributed by atoms with E-state index >= 15 is 0 Å². The van der Waals surface area contributed by atoms with E-state index in [1.54, 1.807) is 13.2 Å². The van der Waals surface area contributed by atoms with E-state index in [0.717, 1.165) is 5.56 Å². The topological polar surface area (TPSA) is 77.6 Å². The highest BCUT2D eigenvalue weighted by molar-refractivity contribution is 5.57. The first-order chi connectivity index (χ1) is 10.1. The Morgan fingerprint density at radius 2 is 2.05 bits per heavy atom. The summed E-state index contributed by atoms with van der Waals surface area (Å²) in [6.07, 6.45) is 1.39. The lowest BCUT2D eigenvalue weighted by Gasteiger charge is -2.32. The molecule has 0 saturated carbocycles. The SMILES string of the molecule is COC1(c2noc(-c3ccc(C)c(O)c3)n2)CCOCC1. The molecular weight excluding hydrogens is 272 g/mol. The molecule has 1 aromatic carbocycles. The smallest absolute Gasteiger partial charge is 0.258 e. The number of hydrogen-bond donors (Lipinski definition) is 1. The second-order valence-corrected chi connectivity index (χ2v) is 5.24. The summed E-state index contributed by atoms with van der Waals surface area (Å²) in [4.78, 5) is 4.45. The Morgan fingerprint density at radius 3 is 2.71 bits per heavy atom. The molecule has 1 saturated heterocycles. The van der Waals surface area contributed by atoms with Crippen LogP contribution < -0.4 is 0 Å². The predicted molar refractivity (Wildman–Crippen MR) is 74.9 cm³/mol. The second kappa shape index (κ2) is 5.46. The lowest BCUT2D eigenvalue weighted by Crippen LogP contribution is -2.36.